The van der Waals surface area contributed by atoms with E-state index < -0.39 is 5.97 Å². The van der Waals surface area contributed by atoms with Crippen molar-refractivity contribution >= 4 is 11.9 Å². The number of carbonyl (C=O) groups excluding carboxylic acids is 1. The lowest BCUT2D eigenvalue weighted by atomic mass is 10.1. The van der Waals surface area contributed by atoms with Crippen LogP contribution >= 0.6 is 0 Å². The number of carboxylic acids is 1. The topological polar surface area (TPSA) is 80.0 Å². The Balaban J connectivity index is 2.02. The molecule has 104 valence electrons. The normalized spacial score (nSPS) is 18.5. The number of hydrogen-bond donors (Lipinski definition) is 1. The standard InChI is InChI=1S/C13H17NO5/c1-8-11(13(16)17)5-10(19-8)6-14(2)12(15)9-3-4-18-7-9/h5,9H,3-4,6-7H2,1-2H3,(H,16,17). The van der Waals surface area contributed by atoms with Gasteiger partial charge in [0, 0.05) is 13.7 Å². The SMILES string of the molecule is Cc1oc(CN(C)C(=O)C2CCOC2)cc1C(=O)O. The first-order chi connectivity index (χ1) is 8.99. The molecule has 1 aliphatic heterocycles. The molecule has 0 saturated carbocycles. The Labute approximate surface area is 110 Å². The van der Waals surface area contributed by atoms with Crippen LogP contribution < -0.4 is 0 Å². The molecule has 0 spiro atoms. The summed E-state index contributed by atoms with van der Waals surface area (Å²) in [7, 11) is 1.68. The summed E-state index contributed by atoms with van der Waals surface area (Å²) in [5.41, 5.74) is 0.139. The highest BCUT2D eigenvalue weighted by molar-refractivity contribution is 5.88. The van der Waals surface area contributed by atoms with Crippen LogP contribution in [0.15, 0.2) is 10.5 Å². The lowest BCUT2D eigenvalue weighted by Crippen LogP contribution is -2.32. The number of rotatable bonds is 4. The van der Waals surface area contributed by atoms with E-state index in [0.717, 1.165) is 6.42 Å². The van der Waals surface area contributed by atoms with Crippen molar-refractivity contribution in [3.8, 4) is 0 Å². The van der Waals surface area contributed by atoms with Crippen LogP contribution in [0, 0.1) is 12.8 Å². The number of furan rings is 1. The van der Waals surface area contributed by atoms with Crippen molar-refractivity contribution in [2.45, 2.75) is 19.9 Å². The predicted molar refractivity (Wildman–Crippen MR) is 65.8 cm³/mol. The van der Waals surface area contributed by atoms with Crippen molar-refractivity contribution in [2.24, 2.45) is 5.92 Å². The Morgan fingerprint density at radius 2 is 2.26 bits per heavy atom. The van der Waals surface area contributed by atoms with Crippen molar-refractivity contribution in [1.29, 1.82) is 0 Å². The van der Waals surface area contributed by atoms with E-state index in [1.165, 1.54) is 6.07 Å². The molecule has 1 aliphatic rings. The summed E-state index contributed by atoms with van der Waals surface area (Å²) in [6.07, 6.45) is 0.737. The monoisotopic (exact) mass is 267 g/mol. The Morgan fingerprint density at radius 1 is 1.53 bits per heavy atom. The first-order valence-electron chi connectivity index (χ1n) is 6.14. The quantitative estimate of drug-likeness (QED) is 0.888. The zero-order chi connectivity index (χ0) is 14.0. The molecule has 19 heavy (non-hydrogen) atoms. The van der Waals surface area contributed by atoms with Gasteiger partial charge in [0.05, 0.1) is 19.1 Å². The minimum atomic E-state index is -1.02. The van der Waals surface area contributed by atoms with Crippen molar-refractivity contribution in [3.05, 3.63) is 23.2 Å². The van der Waals surface area contributed by atoms with Gasteiger partial charge in [-0.15, -0.1) is 0 Å². The first-order valence-corrected chi connectivity index (χ1v) is 6.14. The van der Waals surface area contributed by atoms with E-state index in [0.29, 0.717) is 24.7 Å². The fourth-order valence-corrected chi connectivity index (χ4v) is 2.19. The third-order valence-electron chi connectivity index (χ3n) is 3.25. The first kappa shape index (κ1) is 13.6. The van der Waals surface area contributed by atoms with E-state index in [2.05, 4.69) is 0 Å². The largest absolute Gasteiger partial charge is 0.478 e. The van der Waals surface area contributed by atoms with Gasteiger partial charge in [0.25, 0.3) is 0 Å². The Kier molecular flexibility index (Phi) is 3.90. The summed E-state index contributed by atoms with van der Waals surface area (Å²) >= 11 is 0. The molecule has 0 radical (unpaired) electrons. The molecule has 1 unspecified atom stereocenters. The molecule has 1 amide bonds. The summed E-state index contributed by atoms with van der Waals surface area (Å²) < 4.78 is 10.5. The van der Waals surface area contributed by atoms with Gasteiger partial charge in [-0.2, -0.15) is 0 Å². The van der Waals surface area contributed by atoms with Crippen LogP contribution in [0.3, 0.4) is 0 Å². The third-order valence-corrected chi connectivity index (χ3v) is 3.25. The van der Waals surface area contributed by atoms with Crippen LogP contribution in [-0.2, 0) is 16.1 Å². The van der Waals surface area contributed by atoms with Crippen LogP contribution in [0.2, 0.25) is 0 Å². The molecule has 0 bridgehead atoms. The number of amides is 1. The Hall–Kier alpha value is -1.82. The van der Waals surface area contributed by atoms with Crippen LogP contribution in [0.25, 0.3) is 0 Å². The molecule has 1 saturated heterocycles. The molecule has 6 nitrogen and oxygen atoms in total. The van der Waals surface area contributed by atoms with Gasteiger partial charge in [-0.05, 0) is 19.4 Å². The Bertz CT molecular complexity index is 487. The minimum Gasteiger partial charge on any atom is -0.478 e. The van der Waals surface area contributed by atoms with E-state index in [-0.39, 0.29) is 23.9 Å². The molecule has 6 heteroatoms. The highest BCUT2D eigenvalue weighted by atomic mass is 16.5. The van der Waals surface area contributed by atoms with Crippen LogP contribution in [0.4, 0.5) is 0 Å². The van der Waals surface area contributed by atoms with Gasteiger partial charge in [-0.1, -0.05) is 0 Å². The van der Waals surface area contributed by atoms with Gasteiger partial charge in [0.15, 0.2) is 0 Å². The van der Waals surface area contributed by atoms with E-state index in [1.807, 2.05) is 0 Å². The molecule has 1 N–H and O–H groups in total. The molecule has 0 aromatic carbocycles. The van der Waals surface area contributed by atoms with Gasteiger partial charge in [0.2, 0.25) is 5.91 Å². The van der Waals surface area contributed by atoms with E-state index in [4.69, 9.17) is 14.3 Å². The molecule has 0 aliphatic carbocycles. The Morgan fingerprint density at radius 3 is 2.79 bits per heavy atom. The summed E-state index contributed by atoms with van der Waals surface area (Å²) in [4.78, 5) is 24.5. The molecule has 1 aromatic heterocycles. The van der Waals surface area contributed by atoms with Gasteiger partial charge in [-0.25, -0.2) is 4.79 Å². The summed E-state index contributed by atoms with van der Waals surface area (Å²) in [5, 5.41) is 8.94. The zero-order valence-corrected chi connectivity index (χ0v) is 11.0. The van der Waals surface area contributed by atoms with Crippen molar-refractivity contribution < 1.29 is 23.8 Å². The number of nitrogens with zero attached hydrogens (tertiary/aromatic N) is 1. The lowest BCUT2D eigenvalue weighted by Gasteiger charge is -2.18. The minimum absolute atomic E-state index is 0.00317. The summed E-state index contributed by atoms with van der Waals surface area (Å²) in [6, 6.07) is 1.46. The smallest absolute Gasteiger partial charge is 0.339 e. The number of aromatic carboxylic acids is 1. The van der Waals surface area contributed by atoms with E-state index in [1.54, 1.807) is 18.9 Å². The maximum absolute atomic E-state index is 12.1. The van der Waals surface area contributed by atoms with Gasteiger partial charge in [-0.3, -0.25) is 4.79 Å². The van der Waals surface area contributed by atoms with Crippen LogP contribution in [0.1, 0.15) is 28.3 Å². The van der Waals surface area contributed by atoms with Crippen molar-refractivity contribution in [1.82, 2.24) is 4.90 Å². The zero-order valence-electron chi connectivity index (χ0n) is 11.0. The molecular weight excluding hydrogens is 250 g/mol. The van der Waals surface area contributed by atoms with Crippen molar-refractivity contribution in [3.63, 3.8) is 0 Å². The molecular formula is C13H17NO5. The fraction of sp³-hybridized carbons (Fsp3) is 0.538. The second kappa shape index (κ2) is 5.44. The van der Waals surface area contributed by atoms with E-state index >= 15 is 0 Å². The van der Waals surface area contributed by atoms with Crippen LogP contribution in [-0.4, -0.2) is 42.1 Å². The molecule has 1 atom stereocenters. The highest BCUT2D eigenvalue weighted by Crippen LogP contribution is 2.19. The second-order valence-corrected chi connectivity index (χ2v) is 4.74. The molecule has 1 fully saturated rings. The average Bonchev–Trinajstić information content (AvgIpc) is 2.97. The predicted octanol–water partition coefficient (Wildman–Crippen LogP) is 1.28. The number of aryl methyl sites for hydroxylation is 1. The van der Waals surface area contributed by atoms with Gasteiger partial charge < -0.3 is 19.2 Å². The van der Waals surface area contributed by atoms with Crippen molar-refractivity contribution in [2.75, 3.05) is 20.3 Å². The highest BCUT2D eigenvalue weighted by Gasteiger charge is 2.27. The van der Waals surface area contributed by atoms with Crippen LogP contribution in [0.5, 0.6) is 0 Å². The lowest BCUT2D eigenvalue weighted by molar-refractivity contribution is -0.134. The van der Waals surface area contributed by atoms with E-state index in [9.17, 15) is 9.59 Å². The molecule has 2 rings (SSSR count). The number of carboxylic acid groups (broad SMARTS) is 1. The van der Waals surface area contributed by atoms with Gasteiger partial charge in [0.1, 0.15) is 17.1 Å². The molecule has 2 heterocycles. The average molecular weight is 267 g/mol. The maximum atomic E-state index is 12.1. The number of ether oxygens (including phenoxy) is 1. The molecule has 1 aromatic rings. The summed E-state index contributed by atoms with van der Waals surface area (Å²) in [5.74, 6) is -0.286. The fourth-order valence-electron chi connectivity index (χ4n) is 2.19. The summed E-state index contributed by atoms with van der Waals surface area (Å²) in [6.45, 7) is 2.94. The van der Waals surface area contributed by atoms with Gasteiger partial charge >= 0.3 is 5.97 Å². The second-order valence-electron chi connectivity index (χ2n) is 4.74. The number of carbonyl (C=O) groups is 2. The third kappa shape index (κ3) is 2.96. The number of hydrogen-bond acceptors (Lipinski definition) is 4. The maximum Gasteiger partial charge on any atom is 0.339 e.